The van der Waals surface area contributed by atoms with E-state index in [-0.39, 0.29) is 5.75 Å². The molecule has 1 atom stereocenters. The third kappa shape index (κ3) is 3.53. The van der Waals surface area contributed by atoms with Crippen molar-refractivity contribution in [3.63, 3.8) is 0 Å². The number of sulfone groups is 1. The molecule has 0 saturated carbocycles. The first-order valence-corrected chi connectivity index (χ1v) is 9.02. The van der Waals surface area contributed by atoms with E-state index < -0.39 is 21.9 Å². The first-order chi connectivity index (χ1) is 10.8. The summed E-state index contributed by atoms with van der Waals surface area (Å²) in [5.74, 6) is 1.08. The number of hydrogen-bond acceptors (Lipinski definition) is 4. The fraction of sp³-hybridized carbons (Fsp3) is 0.333. The van der Waals surface area contributed by atoms with Crippen molar-refractivity contribution in [2.75, 3.05) is 11.1 Å². The van der Waals surface area contributed by atoms with Gasteiger partial charge < -0.3 is 15.6 Å². The zero-order valence-corrected chi connectivity index (χ0v) is 13.6. The minimum atomic E-state index is -3.18. The largest absolute Gasteiger partial charge is 0.342 e. The van der Waals surface area contributed by atoms with Gasteiger partial charge in [0.2, 0.25) is 0 Å². The molecular formula is C15H18N4O3S. The molecule has 2 amide bonds. The Bertz CT molecular complexity index is 883. The molecule has 122 valence electrons. The normalized spacial score (nSPS) is 19.3. The number of anilines is 1. The molecule has 1 aliphatic heterocycles. The van der Waals surface area contributed by atoms with Crippen molar-refractivity contribution in [1.82, 2.24) is 15.3 Å². The maximum absolute atomic E-state index is 12.0. The summed E-state index contributed by atoms with van der Waals surface area (Å²) in [6.45, 7) is 4.10. The summed E-state index contributed by atoms with van der Waals surface area (Å²) in [7, 11) is -3.18. The Kier molecular flexibility index (Phi) is 3.85. The molecule has 1 aromatic heterocycles. The lowest BCUT2D eigenvalue weighted by Gasteiger charge is -2.11. The molecule has 0 fully saturated rings. The van der Waals surface area contributed by atoms with Gasteiger partial charge in [-0.25, -0.2) is 18.2 Å². The summed E-state index contributed by atoms with van der Waals surface area (Å²) in [6, 6.07) is 4.44. The summed E-state index contributed by atoms with van der Waals surface area (Å²) in [5.41, 5.74) is 2.29. The summed E-state index contributed by atoms with van der Waals surface area (Å²) in [6.07, 6.45) is 1.47. The number of rotatable bonds is 3. The van der Waals surface area contributed by atoms with Gasteiger partial charge in [0.25, 0.3) is 0 Å². The SMILES string of the molecule is CC(C)c1nc2ccc(NC(=O)N[C@H]3C=CS(=O)(=O)C3)cc2[nH]1. The van der Waals surface area contributed by atoms with Crippen LogP contribution < -0.4 is 10.6 Å². The molecule has 3 N–H and O–H groups in total. The number of nitrogens with one attached hydrogen (secondary N) is 3. The van der Waals surface area contributed by atoms with Gasteiger partial charge in [-0.1, -0.05) is 13.8 Å². The molecule has 1 aromatic carbocycles. The van der Waals surface area contributed by atoms with E-state index in [1.807, 2.05) is 19.9 Å². The third-order valence-corrected chi connectivity index (χ3v) is 4.95. The zero-order chi connectivity index (χ0) is 16.6. The monoisotopic (exact) mass is 334 g/mol. The highest BCUT2D eigenvalue weighted by molar-refractivity contribution is 7.94. The predicted octanol–water partition coefficient (Wildman–Crippen LogP) is 2.12. The van der Waals surface area contributed by atoms with E-state index in [1.165, 1.54) is 6.08 Å². The average Bonchev–Trinajstić information content (AvgIpc) is 3.01. The molecule has 2 heterocycles. The molecule has 23 heavy (non-hydrogen) atoms. The number of hydrogen-bond donors (Lipinski definition) is 3. The van der Waals surface area contributed by atoms with Crippen LogP contribution in [-0.4, -0.2) is 36.2 Å². The van der Waals surface area contributed by atoms with Crippen LogP contribution >= 0.6 is 0 Å². The van der Waals surface area contributed by atoms with Crippen LogP contribution in [0.4, 0.5) is 10.5 Å². The van der Waals surface area contributed by atoms with Gasteiger partial charge in [-0.2, -0.15) is 0 Å². The molecule has 0 unspecified atom stereocenters. The molecule has 0 aliphatic carbocycles. The molecule has 7 nitrogen and oxygen atoms in total. The summed E-state index contributed by atoms with van der Waals surface area (Å²) in [5, 5.41) is 6.44. The minimum Gasteiger partial charge on any atom is -0.342 e. The molecule has 2 aromatic rings. The lowest BCUT2D eigenvalue weighted by Crippen LogP contribution is -2.38. The number of amides is 2. The number of carbonyl (C=O) groups excluding carboxylic acids is 1. The first-order valence-electron chi connectivity index (χ1n) is 7.30. The Balaban J connectivity index is 1.69. The molecule has 0 spiro atoms. The summed E-state index contributed by atoms with van der Waals surface area (Å²) < 4.78 is 22.6. The third-order valence-electron chi connectivity index (χ3n) is 3.55. The van der Waals surface area contributed by atoms with Crippen molar-refractivity contribution in [3.8, 4) is 0 Å². The fourth-order valence-corrected chi connectivity index (χ4v) is 3.62. The molecule has 3 rings (SSSR count). The van der Waals surface area contributed by atoms with E-state index in [1.54, 1.807) is 12.1 Å². The first kappa shape index (κ1) is 15.5. The maximum atomic E-state index is 12.0. The topological polar surface area (TPSA) is 104 Å². The second kappa shape index (κ2) is 5.69. The van der Waals surface area contributed by atoms with Crippen molar-refractivity contribution in [2.45, 2.75) is 25.8 Å². The molecule has 0 saturated heterocycles. The average molecular weight is 334 g/mol. The summed E-state index contributed by atoms with van der Waals surface area (Å²) >= 11 is 0. The number of fused-ring (bicyclic) bond motifs is 1. The van der Waals surface area contributed by atoms with Gasteiger partial charge in [0.15, 0.2) is 9.84 Å². The zero-order valence-electron chi connectivity index (χ0n) is 12.8. The van der Waals surface area contributed by atoms with Gasteiger partial charge in [0.1, 0.15) is 5.82 Å². The number of benzene rings is 1. The molecule has 8 heteroatoms. The van der Waals surface area contributed by atoms with Crippen LogP contribution in [0.25, 0.3) is 11.0 Å². The Morgan fingerprint density at radius 3 is 2.83 bits per heavy atom. The lowest BCUT2D eigenvalue weighted by atomic mass is 10.2. The smallest absolute Gasteiger partial charge is 0.319 e. The predicted molar refractivity (Wildman–Crippen MR) is 89.1 cm³/mol. The second-order valence-electron chi connectivity index (χ2n) is 5.87. The molecular weight excluding hydrogens is 316 g/mol. The number of nitrogens with zero attached hydrogens (tertiary/aromatic N) is 1. The van der Waals surface area contributed by atoms with Crippen molar-refractivity contribution >= 4 is 32.6 Å². The van der Waals surface area contributed by atoms with Crippen LogP contribution in [0.2, 0.25) is 0 Å². The Morgan fingerprint density at radius 2 is 2.17 bits per heavy atom. The van der Waals surface area contributed by atoms with E-state index in [0.29, 0.717) is 11.6 Å². The van der Waals surface area contributed by atoms with Crippen molar-refractivity contribution in [3.05, 3.63) is 35.5 Å². The van der Waals surface area contributed by atoms with Crippen molar-refractivity contribution < 1.29 is 13.2 Å². The van der Waals surface area contributed by atoms with Crippen LogP contribution in [-0.2, 0) is 9.84 Å². The Labute approximate surface area is 134 Å². The van der Waals surface area contributed by atoms with E-state index >= 15 is 0 Å². The molecule has 0 radical (unpaired) electrons. The van der Waals surface area contributed by atoms with Crippen LogP contribution in [0, 0.1) is 0 Å². The van der Waals surface area contributed by atoms with Crippen LogP contribution in [0.3, 0.4) is 0 Å². The molecule has 0 bridgehead atoms. The Morgan fingerprint density at radius 1 is 1.39 bits per heavy atom. The van der Waals surface area contributed by atoms with Gasteiger partial charge in [0, 0.05) is 17.0 Å². The van der Waals surface area contributed by atoms with E-state index in [4.69, 9.17) is 0 Å². The van der Waals surface area contributed by atoms with Crippen LogP contribution in [0.15, 0.2) is 29.7 Å². The van der Waals surface area contributed by atoms with E-state index in [2.05, 4.69) is 20.6 Å². The van der Waals surface area contributed by atoms with Crippen molar-refractivity contribution in [2.24, 2.45) is 0 Å². The lowest BCUT2D eigenvalue weighted by molar-refractivity contribution is 0.251. The van der Waals surface area contributed by atoms with Gasteiger partial charge >= 0.3 is 6.03 Å². The fourth-order valence-electron chi connectivity index (χ4n) is 2.38. The standard InChI is InChI=1S/C15H18N4O3S/c1-9(2)14-18-12-4-3-10(7-13(12)19-14)16-15(20)17-11-5-6-23(21,22)8-11/h3-7,9,11H,8H2,1-2H3,(H,18,19)(H2,16,17,20)/t11-/m0/s1. The van der Waals surface area contributed by atoms with Gasteiger partial charge in [-0.3, -0.25) is 0 Å². The van der Waals surface area contributed by atoms with Crippen molar-refractivity contribution in [1.29, 1.82) is 0 Å². The molecule has 1 aliphatic rings. The van der Waals surface area contributed by atoms with E-state index in [9.17, 15) is 13.2 Å². The van der Waals surface area contributed by atoms with Crippen LogP contribution in [0.1, 0.15) is 25.6 Å². The van der Waals surface area contributed by atoms with Gasteiger partial charge in [0.05, 0.1) is 22.8 Å². The van der Waals surface area contributed by atoms with Crippen LogP contribution in [0.5, 0.6) is 0 Å². The second-order valence-corrected chi connectivity index (χ2v) is 7.80. The highest BCUT2D eigenvalue weighted by Gasteiger charge is 2.23. The number of urea groups is 1. The quantitative estimate of drug-likeness (QED) is 0.799. The number of aromatic nitrogens is 2. The van der Waals surface area contributed by atoms with Gasteiger partial charge in [-0.15, -0.1) is 0 Å². The van der Waals surface area contributed by atoms with E-state index in [0.717, 1.165) is 22.3 Å². The van der Waals surface area contributed by atoms with Gasteiger partial charge in [-0.05, 0) is 24.3 Å². The number of H-pyrrole nitrogens is 1. The Hall–Kier alpha value is -2.35. The summed E-state index contributed by atoms with van der Waals surface area (Å²) in [4.78, 5) is 19.6. The highest BCUT2D eigenvalue weighted by atomic mass is 32.2. The minimum absolute atomic E-state index is 0.0995. The number of imidazole rings is 1. The highest BCUT2D eigenvalue weighted by Crippen LogP contribution is 2.20. The number of carbonyl (C=O) groups is 1. The number of aromatic amines is 1. The maximum Gasteiger partial charge on any atom is 0.319 e.